The molecule has 248 valence electrons. The predicted molar refractivity (Wildman–Crippen MR) is 217 cm³/mol. The Bertz CT molecular complexity index is 2590. The largest absolute Gasteiger partial charge is 0.314 e. The molecule has 0 atom stereocenters. The van der Waals surface area contributed by atoms with Crippen LogP contribution in [0, 0.1) is 0 Å². The van der Waals surface area contributed by atoms with Crippen molar-refractivity contribution in [2.45, 2.75) is 43.9 Å². The van der Waals surface area contributed by atoms with Crippen LogP contribution in [0.5, 0.6) is 0 Å². The molecule has 0 heterocycles. The van der Waals surface area contributed by atoms with Crippen molar-refractivity contribution in [1.82, 2.24) is 0 Å². The Morgan fingerprint density at radius 1 is 0.519 bits per heavy atom. The van der Waals surface area contributed by atoms with Crippen LogP contribution in [-0.4, -0.2) is 0 Å². The first-order chi connectivity index (χ1) is 25.6. The van der Waals surface area contributed by atoms with Gasteiger partial charge in [0.1, 0.15) is 0 Å². The van der Waals surface area contributed by atoms with Gasteiger partial charge in [-0.25, -0.2) is 0 Å². The summed E-state index contributed by atoms with van der Waals surface area (Å²) in [7, 11) is 0. The lowest BCUT2D eigenvalue weighted by Gasteiger charge is -2.36. The van der Waals surface area contributed by atoms with Gasteiger partial charge in [-0.2, -0.15) is 0 Å². The molecule has 0 N–H and O–H groups in total. The van der Waals surface area contributed by atoms with E-state index in [4.69, 9.17) is 0 Å². The Morgan fingerprint density at radius 3 is 1.75 bits per heavy atom. The topological polar surface area (TPSA) is 3.24 Å². The molecule has 0 aliphatic heterocycles. The van der Waals surface area contributed by atoms with Crippen LogP contribution in [0.2, 0.25) is 0 Å². The molecular formula is C51H39N. The fraction of sp³-hybridized carbons (Fsp3) is 0.137. The number of benzene rings is 6. The van der Waals surface area contributed by atoms with Crippen molar-refractivity contribution in [3.8, 4) is 22.3 Å². The molecular weight excluding hydrogens is 627 g/mol. The molecule has 0 bridgehead atoms. The van der Waals surface area contributed by atoms with E-state index in [2.05, 4.69) is 183 Å². The van der Waals surface area contributed by atoms with Crippen LogP contribution in [-0.2, 0) is 10.8 Å². The number of fused-ring (bicyclic) bond motifs is 12. The predicted octanol–water partition coefficient (Wildman–Crippen LogP) is 12.9. The highest BCUT2D eigenvalue weighted by Gasteiger charge is 2.53. The van der Waals surface area contributed by atoms with Crippen molar-refractivity contribution in [2.75, 3.05) is 4.90 Å². The van der Waals surface area contributed by atoms with Gasteiger partial charge in [-0.3, -0.25) is 0 Å². The third-order valence-corrected chi connectivity index (χ3v) is 12.7. The molecule has 1 nitrogen and oxygen atoms in total. The zero-order chi connectivity index (χ0) is 34.6. The number of para-hydroxylation sites is 1. The summed E-state index contributed by atoms with van der Waals surface area (Å²) < 4.78 is 0. The fourth-order valence-corrected chi connectivity index (χ4v) is 10.4. The van der Waals surface area contributed by atoms with Crippen molar-refractivity contribution in [3.05, 3.63) is 214 Å². The minimum atomic E-state index is -0.352. The van der Waals surface area contributed by atoms with Crippen LogP contribution in [0.15, 0.2) is 175 Å². The third-order valence-electron chi connectivity index (χ3n) is 12.7. The Hall–Kier alpha value is -5.92. The third kappa shape index (κ3) is 3.83. The van der Waals surface area contributed by atoms with Gasteiger partial charge in [0, 0.05) is 22.4 Å². The number of hydrogen-bond acceptors (Lipinski definition) is 1. The molecule has 6 aromatic rings. The number of anilines is 2. The number of nitrogens with zero attached hydrogens (tertiary/aromatic N) is 1. The maximum absolute atomic E-state index is 2.61. The van der Waals surface area contributed by atoms with Gasteiger partial charge in [0.15, 0.2) is 0 Å². The van der Waals surface area contributed by atoms with Gasteiger partial charge >= 0.3 is 0 Å². The Morgan fingerprint density at radius 2 is 1.08 bits per heavy atom. The van der Waals surface area contributed by atoms with Gasteiger partial charge in [0.05, 0.1) is 11.1 Å². The van der Waals surface area contributed by atoms with E-state index < -0.39 is 0 Å². The Kier molecular flexibility index (Phi) is 6.18. The lowest BCUT2D eigenvalue weighted by atomic mass is 9.69. The summed E-state index contributed by atoms with van der Waals surface area (Å²) in [5.41, 5.74) is 22.8. The zero-order valence-corrected chi connectivity index (χ0v) is 29.7. The van der Waals surface area contributed by atoms with E-state index in [0.717, 1.165) is 19.3 Å². The highest BCUT2D eigenvalue weighted by Crippen LogP contribution is 2.64. The van der Waals surface area contributed by atoms with E-state index in [1.54, 1.807) is 0 Å². The standard InChI is InChI=1S/C51H39N/c1-50(2)43-22-10-5-18-37(43)41-29-27-34(31-47(41)50)52(49-26-14-9-17-36(49)33-15-3-4-16-33)35-28-30-42-40-21-8-13-25-46(40)51(48(42)32-35)44-23-11-6-19-38(44)39-20-7-12-24-45(39)51/h3-15,17-27,29,31-32H,16,28,30H2,1-2H3. The number of hydrogen-bond donors (Lipinski definition) is 0. The molecule has 0 amide bonds. The highest BCUT2D eigenvalue weighted by molar-refractivity contribution is 5.97. The number of rotatable bonds is 4. The first-order valence-corrected chi connectivity index (χ1v) is 18.8. The second kappa shape index (κ2) is 10.8. The molecule has 0 saturated heterocycles. The van der Waals surface area contributed by atoms with Crippen molar-refractivity contribution in [3.63, 3.8) is 0 Å². The first-order valence-electron chi connectivity index (χ1n) is 18.8. The average molecular weight is 666 g/mol. The van der Waals surface area contributed by atoms with Crippen LogP contribution in [0.25, 0.3) is 33.4 Å². The van der Waals surface area contributed by atoms with Crippen molar-refractivity contribution in [1.29, 1.82) is 0 Å². The molecule has 0 unspecified atom stereocenters. The summed E-state index contributed by atoms with van der Waals surface area (Å²) in [6.07, 6.45) is 12.3. The molecule has 5 aliphatic carbocycles. The van der Waals surface area contributed by atoms with Gasteiger partial charge < -0.3 is 4.90 Å². The molecule has 0 aromatic heterocycles. The summed E-state index contributed by atoms with van der Waals surface area (Å²) in [5.74, 6) is 0. The van der Waals surface area contributed by atoms with Gasteiger partial charge in [-0.15, -0.1) is 0 Å². The van der Waals surface area contributed by atoms with E-state index in [1.165, 1.54) is 95.0 Å². The zero-order valence-electron chi connectivity index (χ0n) is 29.7. The molecule has 52 heavy (non-hydrogen) atoms. The molecule has 1 spiro atoms. The van der Waals surface area contributed by atoms with E-state index in [9.17, 15) is 0 Å². The molecule has 0 radical (unpaired) electrons. The van der Waals surface area contributed by atoms with Crippen LogP contribution in [0.4, 0.5) is 11.4 Å². The van der Waals surface area contributed by atoms with Crippen LogP contribution < -0.4 is 4.90 Å². The monoisotopic (exact) mass is 665 g/mol. The number of allylic oxidation sites excluding steroid dienone is 8. The summed E-state index contributed by atoms with van der Waals surface area (Å²) >= 11 is 0. The molecule has 1 heteroatoms. The quantitative estimate of drug-likeness (QED) is 0.181. The molecule has 6 aromatic carbocycles. The van der Waals surface area contributed by atoms with Crippen LogP contribution >= 0.6 is 0 Å². The average Bonchev–Trinajstić information content (AvgIpc) is 3.95. The summed E-state index contributed by atoms with van der Waals surface area (Å²) in [4.78, 5) is 2.61. The van der Waals surface area contributed by atoms with Gasteiger partial charge in [-0.1, -0.05) is 153 Å². The maximum Gasteiger partial charge on any atom is 0.0722 e. The second-order valence-electron chi connectivity index (χ2n) is 15.5. The highest BCUT2D eigenvalue weighted by atomic mass is 15.2. The van der Waals surface area contributed by atoms with Crippen molar-refractivity contribution < 1.29 is 0 Å². The maximum atomic E-state index is 2.61. The normalized spacial score (nSPS) is 17.6. The van der Waals surface area contributed by atoms with Gasteiger partial charge in [0.25, 0.3) is 0 Å². The van der Waals surface area contributed by atoms with E-state index in [-0.39, 0.29) is 10.8 Å². The molecule has 0 saturated carbocycles. The molecule has 5 aliphatic rings. The van der Waals surface area contributed by atoms with E-state index >= 15 is 0 Å². The lowest BCUT2D eigenvalue weighted by Crippen LogP contribution is -2.28. The summed E-state index contributed by atoms with van der Waals surface area (Å²) in [5, 5.41) is 0. The van der Waals surface area contributed by atoms with Gasteiger partial charge in [-0.05, 0) is 116 Å². The summed E-state index contributed by atoms with van der Waals surface area (Å²) in [6.45, 7) is 4.78. The minimum absolute atomic E-state index is 0.0872. The van der Waals surface area contributed by atoms with E-state index in [1.807, 2.05) is 0 Å². The lowest BCUT2D eigenvalue weighted by molar-refractivity contribution is 0.660. The van der Waals surface area contributed by atoms with Crippen LogP contribution in [0.3, 0.4) is 0 Å². The van der Waals surface area contributed by atoms with Crippen LogP contribution in [0.1, 0.15) is 72.1 Å². The molecule has 11 rings (SSSR count). The van der Waals surface area contributed by atoms with Crippen molar-refractivity contribution in [2.24, 2.45) is 0 Å². The Labute approximate surface area is 306 Å². The first kappa shape index (κ1) is 29.8. The molecule has 0 fully saturated rings. The minimum Gasteiger partial charge on any atom is -0.314 e. The SMILES string of the molecule is CC1(C)c2ccccc2-c2ccc(N(C3=CC4=C(CC3)c3ccccc3C43c4ccccc4-c4ccccc43)c3ccccc3C3=CC=CC3)cc21. The fourth-order valence-electron chi connectivity index (χ4n) is 10.4. The Balaban J connectivity index is 1.17. The summed E-state index contributed by atoms with van der Waals surface area (Å²) in [6, 6.07) is 52.8. The van der Waals surface area contributed by atoms with Crippen molar-refractivity contribution >= 4 is 22.5 Å². The van der Waals surface area contributed by atoms with Gasteiger partial charge in [0.2, 0.25) is 0 Å². The van der Waals surface area contributed by atoms with E-state index in [0.29, 0.717) is 0 Å². The second-order valence-corrected chi connectivity index (χ2v) is 15.5. The smallest absolute Gasteiger partial charge is 0.0722 e.